The molecule has 0 spiro atoms. The average molecular weight is 443 g/mol. The number of carboxylic acids is 2. The molecule has 3 N–H and O–H groups in total. The predicted octanol–water partition coefficient (Wildman–Crippen LogP) is 3.97. The number of nitrogens with zero attached hydrogens (tertiary/aromatic N) is 1. The standard InChI is InChI=1S/C23H42N2O6/c1-2-3-4-5-6-7-8-9-10-11-12-13-14-15-20(26)24-17-16-21(27)25(18-22(28)29)19-23(30)31/h2-19H2,1H3,(H,24,26)(H,28,29)(H,30,31). The van der Waals surface area contributed by atoms with Crippen LogP contribution in [-0.2, 0) is 19.2 Å². The molecule has 0 saturated carbocycles. The first kappa shape index (κ1) is 28.9. The summed E-state index contributed by atoms with van der Waals surface area (Å²) in [6.07, 6.45) is 16.4. The highest BCUT2D eigenvalue weighted by molar-refractivity contribution is 5.85. The van der Waals surface area contributed by atoms with Gasteiger partial charge >= 0.3 is 11.9 Å². The molecule has 0 bridgehead atoms. The molecule has 0 aliphatic carbocycles. The third-order valence-electron chi connectivity index (χ3n) is 5.17. The summed E-state index contributed by atoms with van der Waals surface area (Å²) in [5.41, 5.74) is 0. The van der Waals surface area contributed by atoms with Crippen LogP contribution in [0.3, 0.4) is 0 Å². The van der Waals surface area contributed by atoms with E-state index < -0.39 is 30.9 Å². The molecule has 0 aromatic carbocycles. The average Bonchev–Trinajstić information content (AvgIpc) is 2.70. The van der Waals surface area contributed by atoms with E-state index in [1.165, 1.54) is 64.2 Å². The van der Waals surface area contributed by atoms with Crippen LogP contribution < -0.4 is 5.32 Å². The minimum absolute atomic E-state index is 0.0752. The molecule has 0 unspecified atom stereocenters. The van der Waals surface area contributed by atoms with Gasteiger partial charge in [-0.15, -0.1) is 0 Å². The summed E-state index contributed by atoms with van der Waals surface area (Å²) in [4.78, 5) is 46.0. The van der Waals surface area contributed by atoms with Gasteiger partial charge in [0, 0.05) is 19.4 Å². The first-order valence-corrected chi connectivity index (χ1v) is 11.8. The number of rotatable bonds is 21. The van der Waals surface area contributed by atoms with Crippen molar-refractivity contribution in [3.05, 3.63) is 0 Å². The Morgan fingerprint density at radius 2 is 1.06 bits per heavy atom. The fourth-order valence-electron chi connectivity index (χ4n) is 3.42. The number of amides is 2. The Hall–Kier alpha value is -2.12. The molecule has 0 aliphatic rings. The Morgan fingerprint density at radius 1 is 0.645 bits per heavy atom. The minimum Gasteiger partial charge on any atom is -0.480 e. The molecule has 31 heavy (non-hydrogen) atoms. The monoisotopic (exact) mass is 442 g/mol. The second-order valence-electron chi connectivity index (χ2n) is 8.13. The molecule has 2 amide bonds. The number of hydrogen-bond donors (Lipinski definition) is 3. The van der Waals surface area contributed by atoms with Crippen molar-refractivity contribution in [1.82, 2.24) is 10.2 Å². The molecule has 0 aliphatic heterocycles. The number of hydrogen-bond acceptors (Lipinski definition) is 4. The SMILES string of the molecule is CCCCCCCCCCCCCCCC(=O)NCCC(=O)N(CC(=O)O)CC(=O)O. The molecule has 0 aromatic rings. The third-order valence-corrected chi connectivity index (χ3v) is 5.17. The van der Waals surface area contributed by atoms with E-state index in [9.17, 15) is 19.2 Å². The van der Waals surface area contributed by atoms with Gasteiger partial charge in [-0.05, 0) is 6.42 Å². The second kappa shape index (κ2) is 19.8. The number of nitrogens with one attached hydrogen (secondary N) is 1. The van der Waals surface area contributed by atoms with Gasteiger partial charge in [0.25, 0.3) is 0 Å². The van der Waals surface area contributed by atoms with E-state index in [1.54, 1.807) is 0 Å². The number of carbonyl (C=O) groups excluding carboxylic acids is 2. The van der Waals surface area contributed by atoms with Crippen molar-refractivity contribution < 1.29 is 29.4 Å². The van der Waals surface area contributed by atoms with E-state index >= 15 is 0 Å². The van der Waals surface area contributed by atoms with Gasteiger partial charge in [-0.1, -0.05) is 84.0 Å². The van der Waals surface area contributed by atoms with E-state index in [1.807, 2.05) is 0 Å². The first-order chi connectivity index (χ1) is 14.9. The van der Waals surface area contributed by atoms with Crippen molar-refractivity contribution in [3.8, 4) is 0 Å². The van der Waals surface area contributed by atoms with Crippen LogP contribution in [0.2, 0.25) is 0 Å². The van der Waals surface area contributed by atoms with Crippen LogP contribution in [0.15, 0.2) is 0 Å². The molecular weight excluding hydrogens is 400 g/mol. The van der Waals surface area contributed by atoms with Crippen molar-refractivity contribution in [3.63, 3.8) is 0 Å². The van der Waals surface area contributed by atoms with Crippen LogP contribution in [0.4, 0.5) is 0 Å². The molecular formula is C23H42N2O6. The Bertz CT molecular complexity index is 508. The van der Waals surface area contributed by atoms with Gasteiger partial charge in [0.05, 0.1) is 0 Å². The zero-order valence-electron chi connectivity index (χ0n) is 19.2. The van der Waals surface area contributed by atoms with E-state index in [-0.39, 0.29) is 18.9 Å². The highest BCUT2D eigenvalue weighted by atomic mass is 16.4. The number of carbonyl (C=O) groups is 4. The first-order valence-electron chi connectivity index (χ1n) is 11.8. The van der Waals surface area contributed by atoms with Gasteiger partial charge in [-0.3, -0.25) is 19.2 Å². The molecule has 8 nitrogen and oxygen atoms in total. The van der Waals surface area contributed by atoms with Gasteiger partial charge in [0.15, 0.2) is 0 Å². The van der Waals surface area contributed by atoms with Crippen LogP contribution in [0.25, 0.3) is 0 Å². The maximum atomic E-state index is 11.9. The lowest BCUT2D eigenvalue weighted by Crippen LogP contribution is -2.40. The van der Waals surface area contributed by atoms with E-state index in [2.05, 4.69) is 12.2 Å². The summed E-state index contributed by atoms with van der Waals surface area (Å²) < 4.78 is 0. The molecule has 0 aromatic heterocycles. The molecule has 0 atom stereocenters. The van der Waals surface area contributed by atoms with Crippen LogP contribution in [0, 0.1) is 0 Å². The van der Waals surface area contributed by atoms with Crippen LogP contribution in [0.1, 0.15) is 103 Å². The Balaban J connectivity index is 3.62. The topological polar surface area (TPSA) is 124 Å². The van der Waals surface area contributed by atoms with E-state index in [0.29, 0.717) is 6.42 Å². The summed E-state index contributed by atoms with van der Waals surface area (Å²) in [5, 5.41) is 20.1. The van der Waals surface area contributed by atoms with Crippen molar-refractivity contribution in [2.24, 2.45) is 0 Å². The zero-order chi connectivity index (χ0) is 23.3. The van der Waals surface area contributed by atoms with E-state index in [0.717, 1.165) is 24.2 Å². The molecule has 0 saturated heterocycles. The molecule has 0 radical (unpaired) electrons. The summed E-state index contributed by atoms with van der Waals surface area (Å²) in [6, 6.07) is 0. The Labute approximate surface area is 186 Å². The number of unbranched alkanes of at least 4 members (excludes halogenated alkanes) is 12. The van der Waals surface area contributed by atoms with Crippen LogP contribution >= 0.6 is 0 Å². The summed E-state index contributed by atoms with van der Waals surface area (Å²) in [5.74, 6) is -3.30. The van der Waals surface area contributed by atoms with Gasteiger partial charge in [-0.25, -0.2) is 0 Å². The highest BCUT2D eigenvalue weighted by Crippen LogP contribution is 2.12. The molecule has 0 rings (SSSR count). The highest BCUT2D eigenvalue weighted by Gasteiger charge is 2.19. The van der Waals surface area contributed by atoms with Crippen LogP contribution in [0.5, 0.6) is 0 Å². The van der Waals surface area contributed by atoms with Crippen molar-refractivity contribution >= 4 is 23.8 Å². The third kappa shape index (κ3) is 19.6. The van der Waals surface area contributed by atoms with Gasteiger partial charge in [0.2, 0.25) is 11.8 Å². The summed E-state index contributed by atoms with van der Waals surface area (Å²) >= 11 is 0. The van der Waals surface area contributed by atoms with Crippen LogP contribution in [-0.4, -0.2) is 58.5 Å². The molecule has 0 fully saturated rings. The van der Waals surface area contributed by atoms with Gasteiger partial charge < -0.3 is 20.4 Å². The molecule has 8 heteroatoms. The smallest absolute Gasteiger partial charge is 0.323 e. The maximum absolute atomic E-state index is 11.9. The van der Waals surface area contributed by atoms with Crippen molar-refractivity contribution in [2.45, 2.75) is 103 Å². The molecule has 0 heterocycles. The Kier molecular flexibility index (Phi) is 18.5. The van der Waals surface area contributed by atoms with Gasteiger partial charge in [-0.2, -0.15) is 0 Å². The Morgan fingerprint density at radius 3 is 1.48 bits per heavy atom. The minimum atomic E-state index is -1.28. The summed E-state index contributed by atoms with van der Waals surface area (Å²) in [7, 11) is 0. The quantitative estimate of drug-likeness (QED) is 0.231. The number of carboxylic acid groups (broad SMARTS) is 2. The maximum Gasteiger partial charge on any atom is 0.323 e. The van der Waals surface area contributed by atoms with Crippen molar-refractivity contribution in [1.29, 1.82) is 0 Å². The predicted molar refractivity (Wildman–Crippen MR) is 120 cm³/mol. The lowest BCUT2D eigenvalue weighted by Gasteiger charge is -2.18. The zero-order valence-corrected chi connectivity index (χ0v) is 19.2. The largest absolute Gasteiger partial charge is 0.480 e. The molecule has 180 valence electrons. The fraction of sp³-hybridized carbons (Fsp3) is 0.826. The summed E-state index contributed by atoms with van der Waals surface area (Å²) in [6.45, 7) is 0.975. The second-order valence-corrected chi connectivity index (χ2v) is 8.13. The normalized spacial score (nSPS) is 10.6. The van der Waals surface area contributed by atoms with E-state index in [4.69, 9.17) is 10.2 Å². The van der Waals surface area contributed by atoms with Gasteiger partial charge in [0.1, 0.15) is 13.1 Å². The lowest BCUT2D eigenvalue weighted by molar-refractivity contribution is -0.149. The van der Waals surface area contributed by atoms with Crippen molar-refractivity contribution in [2.75, 3.05) is 19.6 Å². The fourth-order valence-corrected chi connectivity index (χ4v) is 3.42. The lowest BCUT2D eigenvalue weighted by atomic mass is 10.0. The number of aliphatic carboxylic acids is 2.